The smallest absolute Gasteiger partial charge is 0.328 e. The number of aromatic amines is 1. The van der Waals surface area contributed by atoms with Gasteiger partial charge in [0.1, 0.15) is 6.04 Å². The number of nitrogens with zero attached hydrogens (tertiary/aromatic N) is 5. The molecule has 224 valence electrons. The van der Waals surface area contributed by atoms with Gasteiger partial charge in [0.05, 0.1) is 40.0 Å². The number of guanidine groups is 1. The molecule has 15 heteroatoms. The zero-order valence-electron chi connectivity index (χ0n) is 22.8. The molecule has 1 aromatic heterocycles. The molecule has 2 aliphatic heterocycles. The number of halogens is 2. The van der Waals surface area contributed by atoms with E-state index in [2.05, 4.69) is 30.9 Å². The Hall–Kier alpha value is -4.38. The summed E-state index contributed by atoms with van der Waals surface area (Å²) in [5.41, 5.74) is 4.93. The number of amides is 2. The van der Waals surface area contributed by atoms with Crippen molar-refractivity contribution >= 4 is 57.8 Å². The second kappa shape index (κ2) is 12.9. The van der Waals surface area contributed by atoms with Crippen LogP contribution in [-0.4, -0.2) is 92.3 Å². The fourth-order valence-electron chi connectivity index (χ4n) is 5.28. The van der Waals surface area contributed by atoms with E-state index >= 15 is 0 Å². The topological polar surface area (TPSA) is 168 Å². The first-order valence-electron chi connectivity index (χ1n) is 13.5. The molecule has 5 rings (SSSR count). The summed E-state index contributed by atoms with van der Waals surface area (Å²) in [6, 6.07) is 5.42. The molecule has 5 N–H and O–H groups in total. The number of aromatic nitrogens is 2. The molecule has 0 saturated carbocycles. The molecule has 0 aliphatic carbocycles. The van der Waals surface area contributed by atoms with E-state index in [1.165, 1.54) is 0 Å². The van der Waals surface area contributed by atoms with Crippen LogP contribution >= 0.6 is 23.2 Å². The number of aliphatic hydroxyl groups is 1. The maximum atomic E-state index is 13.3. The quantitative estimate of drug-likeness (QED) is 0.120. The average molecular weight is 627 g/mol. The first-order chi connectivity index (χ1) is 20.7. The number of H-pyrrole nitrogens is 1. The number of β-amino-alcohol motifs (C(OH)–C–C–N with tert-alkyl or cyclic N) is 1. The minimum Gasteiger partial charge on any atom is -0.480 e. The number of carbonyl (C=O) groups is 3. The van der Waals surface area contributed by atoms with Gasteiger partial charge in [0.15, 0.2) is 0 Å². The highest BCUT2D eigenvalue weighted by atomic mass is 35.5. The molecule has 2 atom stereocenters. The Morgan fingerprint density at radius 1 is 1.23 bits per heavy atom. The van der Waals surface area contributed by atoms with Gasteiger partial charge in [-0.25, -0.2) is 9.79 Å². The van der Waals surface area contributed by atoms with E-state index in [4.69, 9.17) is 29.8 Å². The molecule has 2 aliphatic rings. The number of hydrogen-bond donors (Lipinski definition) is 5. The van der Waals surface area contributed by atoms with Gasteiger partial charge >= 0.3 is 5.97 Å². The van der Waals surface area contributed by atoms with Gasteiger partial charge in [-0.15, -0.1) is 0 Å². The van der Waals surface area contributed by atoms with Crippen molar-refractivity contribution in [1.29, 1.82) is 0 Å². The molecule has 0 radical (unpaired) electrons. The number of hydrogen-bond acceptors (Lipinski definition) is 6. The average Bonchev–Trinajstić information content (AvgIpc) is 3.46. The highest BCUT2D eigenvalue weighted by molar-refractivity contribution is 6.40. The van der Waals surface area contributed by atoms with Gasteiger partial charge in [0.25, 0.3) is 17.8 Å². The Balaban J connectivity index is 1.31. The van der Waals surface area contributed by atoms with Crippen LogP contribution in [0.2, 0.25) is 10.0 Å². The van der Waals surface area contributed by atoms with Crippen LogP contribution in [0.3, 0.4) is 0 Å². The molecule has 2 aromatic carbocycles. The van der Waals surface area contributed by atoms with E-state index in [-0.39, 0.29) is 47.1 Å². The van der Waals surface area contributed by atoms with Crippen LogP contribution < -0.4 is 10.7 Å². The molecular weight excluding hydrogens is 599 g/mol. The molecule has 0 spiro atoms. The number of rotatable bonds is 6. The summed E-state index contributed by atoms with van der Waals surface area (Å²) in [4.78, 5) is 49.2. The monoisotopic (exact) mass is 626 g/mol. The fraction of sp³-hybridized carbons (Fsp3) is 0.357. The standard InChI is InChI=1S/C28H28Cl2N8O5/c1-31-36-28(38-7-2-3-18(39)14-38)32-12-22(27(42)43)34-25(40)23-20(29)9-17-13-37(8-6-19(17)24(23)30)26(41)15-4-5-16-11-33-35-21(16)10-15/h4-5,9-11,18,22,39H,2-3,6-8,12-14H2,(H,32,36)(H,33,35)(H,34,40)(H,42,43)/t18-,22+/m1/s1. The van der Waals surface area contributed by atoms with Crippen molar-refractivity contribution in [2.75, 3.05) is 26.2 Å². The van der Waals surface area contributed by atoms with Gasteiger partial charge in [-0.2, -0.15) is 16.6 Å². The number of carbonyl (C=O) groups excluding carboxylic acids is 2. The maximum Gasteiger partial charge on any atom is 0.328 e. The number of carboxylic acids is 1. The second-order valence-corrected chi connectivity index (χ2v) is 11.1. The normalized spacial score (nSPS) is 17.6. The molecule has 2 amide bonds. The third-order valence-corrected chi connectivity index (χ3v) is 8.20. The Morgan fingerprint density at radius 3 is 2.79 bits per heavy atom. The minimum absolute atomic E-state index is 0.0136. The summed E-state index contributed by atoms with van der Waals surface area (Å²) in [7, 11) is 0. The Kier molecular flexibility index (Phi) is 9.00. The SMILES string of the molecule is [C-]#[N+]NC(=NC[C@H](NC(=O)c1c(Cl)cc2c(c1Cl)CCN(C(=O)c1ccc3cn[nH]c3c1)C2)C(=O)O)N1CCC[C@@H](O)C1. The number of aliphatic carboxylic acids is 1. The predicted molar refractivity (Wildman–Crippen MR) is 159 cm³/mol. The molecule has 0 unspecified atom stereocenters. The van der Waals surface area contributed by atoms with Crippen molar-refractivity contribution in [2.24, 2.45) is 4.99 Å². The zero-order valence-corrected chi connectivity index (χ0v) is 24.3. The number of likely N-dealkylation sites (tertiary alicyclic amines) is 1. The molecule has 1 fully saturated rings. The van der Waals surface area contributed by atoms with Gasteiger partial charge in [-0.1, -0.05) is 34.7 Å². The molecule has 3 heterocycles. The lowest BCUT2D eigenvalue weighted by molar-refractivity contribution is -0.138. The summed E-state index contributed by atoms with van der Waals surface area (Å²) in [6.07, 6.45) is 2.75. The van der Waals surface area contributed by atoms with E-state index < -0.39 is 24.0 Å². The van der Waals surface area contributed by atoms with Crippen LogP contribution in [0.5, 0.6) is 0 Å². The van der Waals surface area contributed by atoms with Crippen LogP contribution in [0.1, 0.15) is 44.7 Å². The summed E-state index contributed by atoms with van der Waals surface area (Å²) >= 11 is 13.2. The number of nitrogens with one attached hydrogen (secondary N) is 3. The maximum absolute atomic E-state index is 13.3. The van der Waals surface area contributed by atoms with Crippen LogP contribution in [0, 0.1) is 6.57 Å². The summed E-state index contributed by atoms with van der Waals surface area (Å²) in [5, 5.41) is 30.0. The summed E-state index contributed by atoms with van der Waals surface area (Å²) < 4.78 is 0. The highest BCUT2D eigenvalue weighted by Gasteiger charge is 2.30. The van der Waals surface area contributed by atoms with Crippen LogP contribution in [0.25, 0.3) is 15.9 Å². The lowest BCUT2D eigenvalue weighted by Gasteiger charge is -2.31. The first kappa shape index (κ1) is 30.1. The number of piperidine rings is 1. The van der Waals surface area contributed by atoms with Crippen molar-refractivity contribution in [1.82, 2.24) is 30.7 Å². The van der Waals surface area contributed by atoms with Gasteiger partial charge < -0.3 is 25.3 Å². The van der Waals surface area contributed by atoms with E-state index in [0.29, 0.717) is 49.0 Å². The number of aliphatic hydroxyl groups excluding tert-OH is 1. The number of carboxylic acid groups (broad SMARTS) is 1. The summed E-state index contributed by atoms with van der Waals surface area (Å²) in [6.45, 7) is 8.10. The third kappa shape index (κ3) is 6.51. The predicted octanol–water partition coefficient (Wildman–Crippen LogP) is 2.49. The largest absolute Gasteiger partial charge is 0.480 e. The number of aliphatic imine (C=N–C) groups is 1. The van der Waals surface area contributed by atoms with Crippen molar-refractivity contribution in [2.45, 2.75) is 38.0 Å². The van der Waals surface area contributed by atoms with Crippen molar-refractivity contribution < 1.29 is 24.6 Å². The van der Waals surface area contributed by atoms with Gasteiger partial charge in [-0.05, 0) is 48.6 Å². The molecular formula is C28H28Cl2N8O5. The van der Waals surface area contributed by atoms with Crippen molar-refractivity contribution in [3.05, 3.63) is 74.3 Å². The van der Waals surface area contributed by atoms with E-state index in [9.17, 15) is 24.6 Å². The van der Waals surface area contributed by atoms with Crippen LogP contribution in [-0.2, 0) is 17.8 Å². The van der Waals surface area contributed by atoms with Crippen LogP contribution in [0.4, 0.5) is 0 Å². The first-order valence-corrected chi connectivity index (χ1v) is 14.3. The van der Waals surface area contributed by atoms with E-state index in [1.54, 1.807) is 34.2 Å². The highest BCUT2D eigenvalue weighted by Crippen LogP contribution is 2.35. The van der Waals surface area contributed by atoms with Gasteiger partial charge in [-0.3, -0.25) is 14.7 Å². The van der Waals surface area contributed by atoms with Gasteiger partial charge in [0.2, 0.25) is 0 Å². The molecule has 43 heavy (non-hydrogen) atoms. The Morgan fingerprint density at radius 2 is 2.05 bits per heavy atom. The lowest BCUT2D eigenvalue weighted by atomic mass is 9.96. The Bertz CT molecular complexity index is 1650. The number of benzene rings is 2. The van der Waals surface area contributed by atoms with Crippen molar-refractivity contribution in [3.63, 3.8) is 0 Å². The minimum atomic E-state index is -1.45. The number of fused-ring (bicyclic) bond motifs is 2. The van der Waals surface area contributed by atoms with Crippen LogP contribution in [0.15, 0.2) is 35.5 Å². The van der Waals surface area contributed by atoms with Crippen molar-refractivity contribution in [3.8, 4) is 0 Å². The fourth-order valence-corrected chi connectivity index (χ4v) is 6.05. The van der Waals surface area contributed by atoms with E-state index in [1.807, 2.05) is 6.07 Å². The Labute approximate surface area is 256 Å². The molecule has 0 bridgehead atoms. The second-order valence-electron chi connectivity index (χ2n) is 10.3. The molecule has 1 saturated heterocycles. The molecule has 13 nitrogen and oxygen atoms in total. The van der Waals surface area contributed by atoms with Gasteiger partial charge in [0, 0.05) is 37.1 Å². The third-order valence-electron chi connectivity index (χ3n) is 7.49. The van der Waals surface area contributed by atoms with E-state index in [0.717, 1.165) is 10.9 Å². The molecule has 3 aromatic rings. The zero-order chi connectivity index (χ0) is 30.7. The summed E-state index contributed by atoms with van der Waals surface area (Å²) in [5.74, 6) is -2.19. The lowest BCUT2D eigenvalue weighted by Crippen LogP contribution is -2.48.